The molecule has 2 heterocycles. The van der Waals surface area contributed by atoms with E-state index in [-0.39, 0.29) is 5.91 Å². The lowest BCUT2D eigenvalue weighted by atomic mass is 10.0. The summed E-state index contributed by atoms with van der Waals surface area (Å²) in [5.74, 6) is 0.334. The molecular formula is C12H18N2O2S. The van der Waals surface area contributed by atoms with Gasteiger partial charge in [0.25, 0.3) is 0 Å². The monoisotopic (exact) mass is 254 g/mol. The first kappa shape index (κ1) is 12.5. The zero-order valence-corrected chi connectivity index (χ0v) is 10.5. The smallest absolute Gasteiger partial charge is 0.242 e. The Labute approximate surface area is 105 Å². The van der Waals surface area contributed by atoms with Gasteiger partial charge in [-0.05, 0) is 30.2 Å². The molecule has 0 spiro atoms. The van der Waals surface area contributed by atoms with Crippen LogP contribution in [0.3, 0.4) is 0 Å². The van der Waals surface area contributed by atoms with Crippen LogP contribution in [0.5, 0.6) is 0 Å². The number of nitrogens with one attached hydrogen (secondary N) is 1. The Morgan fingerprint density at radius 1 is 1.71 bits per heavy atom. The number of amides is 1. The van der Waals surface area contributed by atoms with Gasteiger partial charge in [0.05, 0.1) is 6.61 Å². The molecule has 94 valence electrons. The summed E-state index contributed by atoms with van der Waals surface area (Å²) in [5.41, 5.74) is 5.87. The Kier molecular flexibility index (Phi) is 4.53. The second-order valence-electron chi connectivity index (χ2n) is 4.32. The van der Waals surface area contributed by atoms with Crippen LogP contribution in [0.1, 0.15) is 23.8 Å². The Balaban J connectivity index is 1.76. The number of ether oxygens (including phenoxy) is 1. The normalized spacial score (nSPS) is 22.1. The summed E-state index contributed by atoms with van der Waals surface area (Å²) in [6, 6.07) is 3.25. The standard InChI is InChI=1S/C12H18N2O2S/c13-11(10-4-2-6-17-10)12(15)14-7-9-3-1-5-16-8-9/h2,4,6,9,11H,1,3,5,7-8,13H2,(H,14,15). The van der Waals surface area contributed by atoms with Crippen LogP contribution in [0, 0.1) is 5.92 Å². The molecule has 1 aliphatic rings. The zero-order chi connectivity index (χ0) is 12.1. The summed E-state index contributed by atoms with van der Waals surface area (Å²) < 4.78 is 5.37. The summed E-state index contributed by atoms with van der Waals surface area (Å²) >= 11 is 1.51. The van der Waals surface area contributed by atoms with Gasteiger partial charge in [0.2, 0.25) is 5.91 Å². The van der Waals surface area contributed by atoms with Crippen molar-refractivity contribution < 1.29 is 9.53 Å². The number of hydrogen-bond donors (Lipinski definition) is 2. The highest BCUT2D eigenvalue weighted by Crippen LogP contribution is 2.17. The highest BCUT2D eigenvalue weighted by molar-refractivity contribution is 7.10. The molecule has 0 radical (unpaired) electrons. The van der Waals surface area contributed by atoms with Gasteiger partial charge in [-0.3, -0.25) is 4.79 Å². The topological polar surface area (TPSA) is 64.4 Å². The lowest BCUT2D eigenvalue weighted by molar-refractivity contribution is -0.122. The van der Waals surface area contributed by atoms with Crippen LogP contribution in [-0.2, 0) is 9.53 Å². The second kappa shape index (κ2) is 6.14. The fourth-order valence-electron chi connectivity index (χ4n) is 1.92. The number of carbonyl (C=O) groups is 1. The van der Waals surface area contributed by atoms with Gasteiger partial charge in [-0.2, -0.15) is 0 Å². The van der Waals surface area contributed by atoms with E-state index in [0.29, 0.717) is 12.5 Å². The van der Waals surface area contributed by atoms with E-state index in [0.717, 1.165) is 30.9 Å². The van der Waals surface area contributed by atoms with Crippen LogP contribution in [0.25, 0.3) is 0 Å². The quantitative estimate of drug-likeness (QED) is 0.851. The molecule has 1 amide bonds. The van der Waals surface area contributed by atoms with E-state index < -0.39 is 6.04 Å². The number of rotatable bonds is 4. The van der Waals surface area contributed by atoms with E-state index in [4.69, 9.17) is 10.5 Å². The molecule has 0 saturated carbocycles. The SMILES string of the molecule is NC(C(=O)NCC1CCCOC1)c1cccs1. The fourth-order valence-corrected chi connectivity index (χ4v) is 2.65. The molecule has 0 bridgehead atoms. The van der Waals surface area contributed by atoms with Crippen LogP contribution in [-0.4, -0.2) is 25.7 Å². The largest absolute Gasteiger partial charge is 0.381 e. The highest BCUT2D eigenvalue weighted by atomic mass is 32.1. The van der Waals surface area contributed by atoms with E-state index in [1.54, 1.807) is 0 Å². The van der Waals surface area contributed by atoms with Crippen molar-refractivity contribution in [1.29, 1.82) is 0 Å². The Morgan fingerprint density at radius 2 is 2.59 bits per heavy atom. The van der Waals surface area contributed by atoms with Gasteiger partial charge in [0.1, 0.15) is 6.04 Å². The lowest BCUT2D eigenvalue weighted by Crippen LogP contribution is -2.38. The van der Waals surface area contributed by atoms with Gasteiger partial charge in [-0.15, -0.1) is 11.3 Å². The minimum Gasteiger partial charge on any atom is -0.381 e. The molecule has 0 aromatic carbocycles. The molecule has 1 aromatic heterocycles. The van der Waals surface area contributed by atoms with Crippen LogP contribution in [0.15, 0.2) is 17.5 Å². The summed E-state index contributed by atoms with van der Waals surface area (Å²) in [7, 11) is 0. The van der Waals surface area contributed by atoms with Gasteiger partial charge in [-0.25, -0.2) is 0 Å². The maximum absolute atomic E-state index is 11.8. The third kappa shape index (κ3) is 3.52. The van der Waals surface area contributed by atoms with Crippen molar-refractivity contribution in [2.75, 3.05) is 19.8 Å². The van der Waals surface area contributed by atoms with Crippen molar-refractivity contribution in [1.82, 2.24) is 5.32 Å². The Bertz CT molecular complexity index is 347. The molecule has 5 heteroatoms. The Morgan fingerprint density at radius 3 is 3.24 bits per heavy atom. The predicted octanol–water partition coefficient (Wildman–Crippen LogP) is 1.29. The summed E-state index contributed by atoms with van der Waals surface area (Å²) in [5, 5.41) is 4.83. The molecule has 3 N–H and O–H groups in total. The zero-order valence-electron chi connectivity index (χ0n) is 9.72. The van der Waals surface area contributed by atoms with Gasteiger partial charge in [0, 0.05) is 18.0 Å². The van der Waals surface area contributed by atoms with Crippen molar-refractivity contribution >= 4 is 17.2 Å². The molecule has 4 nitrogen and oxygen atoms in total. The fraction of sp³-hybridized carbons (Fsp3) is 0.583. The first-order valence-electron chi connectivity index (χ1n) is 5.92. The average molecular weight is 254 g/mol. The van der Waals surface area contributed by atoms with E-state index in [1.807, 2.05) is 17.5 Å². The highest BCUT2D eigenvalue weighted by Gasteiger charge is 2.19. The van der Waals surface area contributed by atoms with E-state index in [2.05, 4.69) is 5.32 Å². The van der Waals surface area contributed by atoms with Gasteiger partial charge in [0.15, 0.2) is 0 Å². The van der Waals surface area contributed by atoms with Crippen molar-refractivity contribution in [2.24, 2.45) is 11.7 Å². The lowest BCUT2D eigenvalue weighted by Gasteiger charge is -2.22. The van der Waals surface area contributed by atoms with E-state index in [9.17, 15) is 4.79 Å². The molecule has 0 aliphatic carbocycles. The molecule has 1 aliphatic heterocycles. The first-order valence-corrected chi connectivity index (χ1v) is 6.80. The summed E-state index contributed by atoms with van der Waals surface area (Å²) in [4.78, 5) is 12.7. The molecule has 2 rings (SSSR count). The van der Waals surface area contributed by atoms with Crippen LogP contribution in [0.4, 0.5) is 0 Å². The number of carbonyl (C=O) groups excluding carboxylic acids is 1. The van der Waals surface area contributed by atoms with Gasteiger partial charge < -0.3 is 15.8 Å². The maximum Gasteiger partial charge on any atom is 0.242 e. The number of nitrogens with two attached hydrogens (primary N) is 1. The van der Waals surface area contributed by atoms with Crippen LogP contribution >= 0.6 is 11.3 Å². The minimum atomic E-state index is -0.542. The predicted molar refractivity (Wildman–Crippen MR) is 67.8 cm³/mol. The van der Waals surface area contributed by atoms with Crippen LogP contribution in [0.2, 0.25) is 0 Å². The molecule has 17 heavy (non-hydrogen) atoms. The van der Waals surface area contributed by atoms with Crippen molar-refractivity contribution in [3.05, 3.63) is 22.4 Å². The minimum absolute atomic E-state index is 0.0991. The summed E-state index contributed by atoms with van der Waals surface area (Å²) in [6.45, 7) is 2.26. The Hall–Kier alpha value is -0.910. The first-order chi connectivity index (χ1) is 8.27. The second-order valence-corrected chi connectivity index (χ2v) is 5.30. The van der Waals surface area contributed by atoms with Gasteiger partial charge in [-0.1, -0.05) is 6.07 Å². The number of hydrogen-bond acceptors (Lipinski definition) is 4. The molecule has 2 atom stereocenters. The molecule has 2 unspecified atom stereocenters. The molecule has 1 saturated heterocycles. The maximum atomic E-state index is 11.8. The van der Waals surface area contributed by atoms with Crippen molar-refractivity contribution in [2.45, 2.75) is 18.9 Å². The van der Waals surface area contributed by atoms with Gasteiger partial charge >= 0.3 is 0 Å². The third-order valence-corrected chi connectivity index (χ3v) is 3.91. The van der Waals surface area contributed by atoms with Crippen molar-refractivity contribution in [3.8, 4) is 0 Å². The van der Waals surface area contributed by atoms with Crippen molar-refractivity contribution in [3.63, 3.8) is 0 Å². The summed E-state index contributed by atoms with van der Waals surface area (Å²) in [6.07, 6.45) is 2.20. The average Bonchev–Trinajstić information content (AvgIpc) is 2.90. The van der Waals surface area contributed by atoms with E-state index in [1.165, 1.54) is 11.3 Å². The molecular weight excluding hydrogens is 236 g/mol. The number of thiophene rings is 1. The molecule has 1 aromatic rings. The molecule has 1 fully saturated rings. The third-order valence-electron chi connectivity index (χ3n) is 2.95. The van der Waals surface area contributed by atoms with E-state index >= 15 is 0 Å². The van der Waals surface area contributed by atoms with Crippen LogP contribution < -0.4 is 11.1 Å².